The largest absolute Gasteiger partial charge is 0.356 e. The molecule has 0 aliphatic carbocycles. The predicted molar refractivity (Wildman–Crippen MR) is 125 cm³/mol. The van der Waals surface area contributed by atoms with Crippen LogP contribution < -0.4 is 15.5 Å². The Morgan fingerprint density at radius 1 is 0.848 bits per heavy atom. The highest BCUT2D eigenvalue weighted by molar-refractivity contribution is 5.80. The van der Waals surface area contributed by atoms with Gasteiger partial charge in [-0.15, -0.1) is 0 Å². The van der Waals surface area contributed by atoms with Gasteiger partial charge in [0.15, 0.2) is 0 Å². The van der Waals surface area contributed by atoms with Crippen molar-refractivity contribution in [2.45, 2.75) is 31.6 Å². The molecule has 33 heavy (non-hydrogen) atoms. The molecule has 172 valence electrons. The molecule has 4 rings (SSSR count). The molecule has 2 N–H and O–H groups in total. The molecule has 0 bridgehead atoms. The average molecular weight is 448 g/mol. The number of carbonyl (C=O) groups is 2. The molecule has 0 radical (unpaired) electrons. The summed E-state index contributed by atoms with van der Waals surface area (Å²) in [5.41, 5.74) is 2.01. The van der Waals surface area contributed by atoms with Crippen LogP contribution in [0.25, 0.3) is 5.69 Å². The van der Waals surface area contributed by atoms with E-state index in [1.807, 2.05) is 53.4 Å². The van der Waals surface area contributed by atoms with Gasteiger partial charge in [0.05, 0.1) is 12.2 Å². The van der Waals surface area contributed by atoms with E-state index in [9.17, 15) is 9.59 Å². The van der Waals surface area contributed by atoms with E-state index in [0.29, 0.717) is 38.4 Å². The van der Waals surface area contributed by atoms with Crippen molar-refractivity contribution in [3.63, 3.8) is 0 Å². The highest BCUT2D eigenvalue weighted by Crippen LogP contribution is 2.24. The normalized spacial score (nSPS) is 18.8. The summed E-state index contributed by atoms with van der Waals surface area (Å²) in [6, 6.07) is 19.7. The fourth-order valence-electron chi connectivity index (χ4n) is 4.08. The van der Waals surface area contributed by atoms with Gasteiger partial charge < -0.3 is 15.5 Å². The second-order valence-corrected chi connectivity index (χ2v) is 8.14. The van der Waals surface area contributed by atoms with Gasteiger partial charge in [-0.05, 0) is 53.3 Å². The van der Waals surface area contributed by atoms with Gasteiger partial charge in [0.25, 0.3) is 5.95 Å². The highest BCUT2D eigenvalue weighted by Gasteiger charge is 2.20. The molecular formula is C24H29N7O2. The molecule has 9 nitrogen and oxygen atoms in total. The summed E-state index contributed by atoms with van der Waals surface area (Å²) >= 11 is 0. The first-order valence-corrected chi connectivity index (χ1v) is 11.4. The maximum atomic E-state index is 12.8. The number of nitrogens with zero attached hydrogens (tertiary/aromatic N) is 5. The number of para-hydroxylation sites is 1. The molecule has 1 atom stereocenters. The van der Waals surface area contributed by atoms with Gasteiger partial charge in [-0.2, -0.15) is 4.68 Å². The molecule has 1 unspecified atom stereocenters. The van der Waals surface area contributed by atoms with Crippen LogP contribution in [0.1, 0.15) is 37.2 Å². The zero-order valence-electron chi connectivity index (χ0n) is 18.6. The molecule has 0 spiro atoms. The lowest BCUT2D eigenvalue weighted by molar-refractivity contribution is -0.122. The standard InChI is InChI=1S/C24H29N7O2/c32-22-13-12-20(19-8-3-1-4-9-19)14-16-26-23(33)18-30(17-7-15-25-22)24-27-28-29-31(24)21-10-5-2-6-11-21/h1-6,8-11,20H,7,12-18H2,(H,25,32)(H,26,33). The van der Waals surface area contributed by atoms with Crippen LogP contribution in [0.3, 0.4) is 0 Å². The van der Waals surface area contributed by atoms with E-state index in [1.165, 1.54) is 5.56 Å². The third-order valence-electron chi connectivity index (χ3n) is 5.80. The maximum absolute atomic E-state index is 12.8. The minimum atomic E-state index is -0.0782. The van der Waals surface area contributed by atoms with Gasteiger partial charge in [0.1, 0.15) is 0 Å². The summed E-state index contributed by atoms with van der Waals surface area (Å²) < 4.78 is 1.63. The minimum absolute atomic E-state index is 0.0534. The second kappa shape index (κ2) is 11.2. The summed E-state index contributed by atoms with van der Waals surface area (Å²) in [5, 5.41) is 18.2. The molecule has 1 fully saturated rings. The molecule has 9 heteroatoms. The Hall–Kier alpha value is -3.75. The Morgan fingerprint density at radius 3 is 2.36 bits per heavy atom. The van der Waals surface area contributed by atoms with Crippen LogP contribution >= 0.6 is 0 Å². The molecular weight excluding hydrogens is 418 g/mol. The first-order chi connectivity index (χ1) is 16.2. The van der Waals surface area contributed by atoms with Crippen molar-refractivity contribution in [1.29, 1.82) is 0 Å². The van der Waals surface area contributed by atoms with E-state index in [1.54, 1.807) is 4.68 Å². The number of hydrogen-bond donors (Lipinski definition) is 2. The number of nitrogens with one attached hydrogen (secondary N) is 2. The van der Waals surface area contributed by atoms with Gasteiger partial charge in [-0.1, -0.05) is 53.6 Å². The minimum Gasteiger partial charge on any atom is -0.356 e. The number of amides is 2. The van der Waals surface area contributed by atoms with Crippen molar-refractivity contribution in [3.8, 4) is 5.69 Å². The fourth-order valence-corrected chi connectivity index (χ4v) is 4.08. The lowest BCUT2D eigenvalue weighted by Gasteiger charge is -2.24. The molecule has 2 amide bonds. The first kappa shape index (κ1) is 22.4. The third kappa shape index (κ3) is 6.15. The van der Waals surface area contributed by atoms with Gasteiger partial charge in [-0.3, -0.25) is 9.59 Å². The van der Waals surface area contributed by atoms with Crippen molar-refractivity contribution in [2.24, 2.45) is 0 Å². The monoisotopic (exact) mass is 447 g/mol. The molecule has 0 saturated carbocycles. The predicted octanol–water partition coefficient (Wildman–Crippen LogP) is 2.06. The maximum Gasteiger partial charge on any atom is 0.250 e. The van der Waals surface area contributed by atoms with Gasteiger partial charge in [-0.25, -0.2) is 0 Å². The van der Waals surface area contributed by atoms with Crippen LogP contribution in [0.2, 0.25) is 0 Å². The topological polar surface area (TPSA) is 105 Å². The number of tetrazole rings is 1. The Kier molecular flexibility index (Phi) is 7.63. The van der Waals surface area contributed by atoms with Crippen LogP contribution in [0.15, 0.2) is 60.7 Å². The number of carbonyl (C=O) groups excluding carboxylic acids is 2. The highest BCUT2D eigenvalue weighted by atomic mass is 16.2. The summed E-state index contributed by atoms with van der Waals surface area (Å²) in [4.78, 5) is 27.1. The van der Waals surface area contributed by atoms with Crippen molar-refractivity contribution >= 4 is 17.8 Å². The molecule has 1 saturated heterocycles. The van der Waals surface area contributed by atoms with E-state index < -0.39 is 0 Å². The molecule has 2 heterocycles. The van der Waals surface area contributed by atoms with E-state index in [-0.39, 0.29) is 24.3 Å². The zero-order chi connectivity index (χ0) is 22.9. The van der Waals surface area contributed by atoms with Crippen molar-refractivity contribution in [1.82, 2.24) is 30.8 Å². The Balaban J connectivity index is 1.49. The van der Waals surface area contributed by atoms with E-state index in [4.69, 9.17) is 0 Å². The van der Waals surface area contributed by atoms with E-state index in [2.05, 4.69) is 38.3 Å². The quantitative estimate of drug-likeness (QED) is 0.637. The third-order valence-corrected chi connectivity index (χ3v) is 5.80. The molecule has 2 aromatic carbocycles. The number of aromatic nitrogens is 4. The average Bonchev–Trinajstić information content (AvgIpc) is 3.34. The molecule has 1 aliphatic heterocycles. The Bertz CT molecular complexity index is 1040. The lowest BCUT2D eigenvalue weighted by Crippen LogP contribution is -2.41. The number of hydrogen-bond acceptors (Lipinski definition) is 6. The Morgan fingerprint density at radius 2 is 1.58 bits per heavy atom. The summed E-state index contributed by atoms with van der Waals surface area (Å²) in [5.74, 6) is 0.682. The van der Waals surface area contributed by atoms with Gasteiger partial charge in [0, 0.05) is 26.1 Å². The first-order valence-electron chi connectivity index (χ1n) is 11.4. The smallest absolute Gasteiger partial charge is 0.250 e. The number of benzene rings is 2. The Labute approximate surface area is 193 Å². The second-order valence-electron chi connectivity index (χ2n) is 8.14. The van der Waals surface area contributed by atoms with Gasteiger partial charge >= 0.3 is 0 Å². The van der Waals surface area contributed by atoms with Crippen molar-refractivity contribution in [2.75, 3.05) is 31.1 Å². The van der Waals surface area contributed by atoms with Crippen LogP contribution in [0.5, 0.6) is 0 Å². The number of anilines is 1. The fraction of sp³-hybridized carbons (Fsp3) is 0.375. The van der Waals surface area contributed by atoms with Crippen LogP contribution in [-0.2, 0) is 9.59 Å². The van der Waals surface area contributed by atoms with Crippen LogP contribution in [0.4, 0.5) is 5.95 Å². The van der Waals surface area contributed by atoms with Crippen LogP contribution in [0, 0.1) is 0 Å². The zero-order valence-corrected chi connectivity index (χ0v) is 18.6. The summed E-state index contributed by atoms with van der Waals surface area (Å²) in [6.07, 6.45) is 2.65. The molecule has 3 aromatic rings. The van der Waals surface area contributed by atoms with Crippen LogP contribution in [-0.4, -0.2) is 58.2 Å². The van der Waals surface area contributed by atoms with E-state index in [0.717, 1.165) is 18.5 Å². The summed E-state index contributed by atoms with van der Waals surface area (Å²) in [6.45, 7) is 1.74. The summed E-state index contributed by atoms with van der Waals surface area (Å²) in [7, 11) is 0. The lowest BCUT2D eigenvalue weighted by atomic mass is 9.91. The SMILES string of the molecule is O=C1CCC(c2ccccc2)CCNC(=O)CN(c2nnnn2-c2ccccc2)CCCN1. The van der Waals surface area contributed by atoms with Crippen molar-refractivity contribution < 1.29 is 9.59 Å². The molecule has 1 aliphatic rings. The van der Waals surface area contributed by atoms with E-state index >= 15 is 0 Å². The van der Waals surface area contributed by atoms with Crippen molar-refractivity contribution in [3.05, 3.63) is 66.2 Å². The molecule has 1 aromatic heterocycles. The van der Waals surface area contributed by atoms with Gasteiger partial charge in [0.2, 0.25) is 11.8 Å². The number of rotatable bonds is 3.